The van der Waals surface area contributed by atoms with Gasteiger partial charge in [0.15, 0.2) is 0 Å². The first-order chi connectivity index (χ1) is 11.3. The van der Waals surface area contributed by atoms with Crippen LogP contribution in [0.4, 0.5) is 0 Å². The van der Waals surface area contributed by atoms with Crippen molar-refractivity contribution in [1.82, 2.24) is 0 Å². The Morgan fingerprint density at radius 2 is 1.39 bits per heavy atom. The molecule has 4 heteroatoms. The number of hydrogen-bond donors (Lipinski definition) is 2. The Balaban J connectivity index is 1.77. The molecule has 0 radical (unpaired) electrons. The normalized spacial score (nSPS) is 13.7. The Labute approximate surface area is 137 Å². The van der Waals surface area contributed by atoms with E-state index in [1.165, 1.54) is 0 Å². The number of benzene rings is 2. The molecule has 0 unspecified atom stereocenters. The van der Waals surface area contributed by atoms with Crippen LogP contribution in [0.25, 0.3) is 0 Å². The molecule has 2 atom stereocenters. The maximum Gasteiger partial charge on any atom is 0.104 e. The van der Waals surface area contributed by atoms with Crippen LogP contribution in [-0.4, -0.2) is 35.6 Å². The number of hydrogen-bond acceptors (Lipinski definition) is 4. The Hall–Kier alpha value is -1.72. The molecule has 0 heterocycles. The lowest BCUT2D eigenvalue weighted by atomic mass is 10.1. The van der Waals surface area contributed by atoms with Gasteiger partial charge in [-0.2, -0.15) is 0 Å². The van der Waals surface area contributed by atoms with E-state index in [0.717, 1.165) is 11.1 Å². The maximum absolute atomic E-state index is 10.2. The highest BCUT2D eigenvalue weighted by molar-refractivity contribution is 5.14. The Bertz CT molecular complexity index is 530. The van der Waals surface area contributed by atoms with Crippen molar-refractivity contribution in [2.45, 2.75) is 31.8 Å². The van der Waals surface area contributed by atoms with E-state index < -0.39 is 12.2 Å². The van der Waals surface area contributed by atoms with Gasteiger partial charge in [0.1, 0.15) is 6.10 Å². The lowest BCUT2D eigenvalue weighted by Gasteiger charge is -2.23. The molecule has 2 rings (SSSR count). The van der Waals surface area contributed by atoms with Gasteiger partial charge < -0.3 is 19.7 Å². The summed E-state index contributed by atoms with van der Waals surface area (Å²) in [6, 6.07) is 19.6. The number of rotatable bonds is 10. The van der Waals surface area contributed by atoms with Crippen molar-refractivity contribution in [2.24, 2.45) is 0 Å². The van der Waals surface area contributed by atoms with Gasteiger partial charge in [-0.25, -0.2) is 0 Å². The second-order valence-electron chi connectivity index (χ2n) is 5.42. The minimum atomic E-state index is -0.769. The highest BCUT2D eigenvalue weighted by atomic mass is 16.5. The lowest BCUT2D eigenvalue weighted by molar-refractivity contribution is -0.0876. The SMILES string of the molecule is OCC[C@H](OCc1ccccc1)[C@@H](O)COCc1ccccc1. The van der Waals surface area contributed by atoms with E-state index >= 15 is 0 Å². The van der Waals surface area contributed by atoms with E-state index in [-0.39, 0.29) is 13.2 Å². The molecular weight excluding hydrogens is 292 g/mol. The van der Waals surface area contributed by atoms with E-state index in [9.17, 15) is 5.11 Å². The van der Waals surface area contributed by atoms with Crippen LogP contribution in [0.3, 0.4) is 0 Å². The quantitative estimate of drug-likeness (QED) is 0.707. The van der Waals surface area contributed by atoms with Gasteiger partial charge in [0, 0.05) is 6.61 Å². The van der Waals surface area contributed by atoms with Crippen LogP contribution >= 0.6 is 0 Å². The summed E-state index contributed by atoms with van der Waals surface area (Å²) in [5.41, 5.74) is 2.09. The molecule has 0 fully saturated rings. The van der Waals surface area contributed by atoms with Crippen LogP contribution in [0.2, 0.25) is 0 Å². The Morgan fingerprint density at radius 1 is 0.826 bits per heavy atom. The van der Waals surface area contributed by atoms with Crippen molar-refractivity contribution in [1.29, 1.82) is 0 Å². The molecule has 0 spiro atoms. The minimum absolute atomic E-state index is 0.0325. The Morgan fingerprint density at radius 3 is 1.96 bits per heavy atom. The van der Waals surface area contributed by atoms with Gasteiger partial charge in [0.25, 0.3) is 0 Å². The topological polar surface area (TPSA) is 58.9 Å². The summed E-state index contributed by atoms with van der Waals surface area (Å²) < 4.78 is 11.3. The molecule has 0 saturated heterocycles. The van der Waals surface area contributed by atoms with E-state index in [2.05, 4.69) is 0 Å². The van der Waals surface area contributed by atoms with Crippen molar-refractivity contribution in [2.75, 3.05) is 13.2 Å². The molecular formula is C19H24O4. The second-order valence-corrected chi connectivity index (χ2v) is 5.42. The largest absolute Gasteiger partial charge is 0.396 e. The van der Waals surface area contributed by atoms with E-state index in [4.69, 9.17) is 14.6 Å². The molecule has 0 saturated carbocycles. The fourth-order valence-electron chi connectivity index (χ4n) is 2.27. The summed E-state index contributed by atoms with van der Waals surface area (Å²) in [5, 5.41) is 19.4. The smallest absolute Gasteiger partial charge is 0.104 e. The standard InChI is InChI=1S/C19H24O4/c20-12-11-19(23-14-17-9-5-2-6-10-17)18(21)15-22-13-16-7-3-1-4-8-16/h1-10,18-21H,11-15H2/t18-,19-/m0/s1. The minimum Gasteiger partial charge on any atom is -0.396 e. The van der Waals surface area contributed by atoms with Gasteiger partial charge in [-0.3, -0.25) is 0 Å². The molecule has 0 aliphatic carbocycles. The molecule has 0 aliphatic heterocycles. The van der Waals surface area contributed by atoms with Crippen molar-refractivity contribution in [3.63, 3.8) is 0 Å². The van der Waals surface area contributed by atoms with Gasteiger partial charge in [-0.15, -0.1) is 0 Å². The first-order valence-electron chi connectivity index (χ1n) is 7.85. The van der Waals surface area contributed by atoms with Crippen LogP contribution in [0, 0.1) is 0 Å². The molecule has 0 amide bonds. The van der Waals surface area contributed by atoms with Gasteiger partial charge in [-0.1, -0.05) is 60.7 Å². The molecule has 2 aromatic rings. The van der Waals surface area contributed by atoms with Crippen LogP contribution in [0.15, 0.2) is 60.7 Å². The zero-order valence-corrected chi connectivity index (χ0v) is 13.2. The first-order valence-corrected chi connectivity index (χ1v) is 7.85. The Kier molecular flexibility index (Phi) is 7.77. The summed E-state index contributed by atoms with van der Waals surface area (Å²) in [6.45, 7) is 0.993. The zero-order valence-electron chi connectivity index (χ0n) is 13.2. The van der Waals surface area contributed by atoms with Crippen molar-refractivity contribution < 1.29 is 19.7 Å². The number of aliphatic hydroxyl groups is 2. The lowest BCUT2D eigenvalue weighted by Crippen LogP contribution is -2.33. The van der Waals surface area contributed by atoms with Crippen molar-refractivity contribution in [3.05, 3.63) is 71.8 Å². The molecule has 2 N–H and O–H groups in total. The highest BCUT2D eigenvalue weighted by Gasteiger charge is 2.20. The monoisotopic (exact) mass is 316 g/mol. The third-order valence-electron chi connectivity index (χ3n) is 3.55. The molecule has 0 aliphatic rings. The molecule has 4 nitrogen and oxygen atoms in total. The van der Waals surface area contributed by atoms with Gasteiger partial charge >= 0.3 is 0 Å². The molecule has 23 heavy (non-hydrogen) atoms. The average molecular weight is 316 g/mol. The van der Waals surface area contributed by atoms with Crippen LogP contribution < -0.4 is 0 Å². The predicted molar refractivity (Wildman–Crippen MR) is 88.8 cm³/mol. The summed E-state index contributed by atoms with van der Waals surface area (Å²) in [5.74, 6) is 0. The number of aliphatic hydroxyl groups excluding tert-OH is 2. The zero-order chi connectivity index (χ0) is 16.3. The molecule has 124 valence electrons. The fraction of sp³-hybridized carbons (Fsp3) is 0.368. The van der Waals surface area contributed by atoms with E-state index in [1.807, 2.05) is 60.7 Å². The van der Waals surface area contributed by atoms with Crippen molar-refractivity contribution >= 4 is 0 Å². The maximum atomic E-state index is 10.2. The van der Waals surface area contributed by atoms with E-state index in [1.54, 1.807) is 0 Å². The number of ether oxygens (including phenoxy) is 2. The third kappa shape index (κ3) is 6.50. The van der Waals surface area contributed by atoms with Gasteiger partial charge in [0.2, 0.25) is 0 Å². The average Bonchev–Trinajstić information content (AvgIpc) is 2.60. The third-order valence-corrected chi connectivity index (χ3v) is 3.55. The summed E-state index contributed by atoms with van der Waals surface area (Å²) in [7, 11) is 0. The van der Waals surface area contributed by atoms with Crippen LogP contribution in [-0.2, 0) is 22.7 Å². The fourth-order valence-corrected chi connectivity index (χ4v) is 2.27. The first kappa shape index (κ1) is 17.6. The predicted octanol–water partition coefficient (Wildman–Crippen LogP) is 2.53. The van der Waals surface area contributed by atoms with Crippen LogP contribution in [0.5, 0.6) is 0 Å². The summed E-state index contributed by atoms with van der Waals surface area (Å²) >= 11 is 0. The summed E-state index contributed by atoms with van der Waals surface area (Å²) in [4.78, 5) is 0. The van der Waals surface area contributed by atoms with Crippen LogP contribution in [0.1, 0.15) is 17.5 Å². The van der Waals surface area contributed by atoms with Crippen molar-refractivity contribution in [3.8, 4) is 0 Å². The summed E-state index contributed by atoms with van der Waals surface area (Å²) in [6.07, 6.45) is -0.839. The molecule has 0 aromatic heterocycles. The second kappa shape index (κ2) is 10.1. The van der Waals surface area contributed by atoms with Gasteiger partial charge in [0.05, 0.1) is 25.9 Å². The van der Waals surface area contributed by atoms with E-state index in [0.29, 0.717) is 19.6 Å². The molecule has 2 aromatic carbocycles. The highest BCUT2D eigenvalue weighted by Crippen LogP contribution is 2.11. The van der Waals surface area contributed by atoms with Gasteiger partial charge in [-0.05, 0) is 17.5 Å². The molecule has 0 bridgehead atoms.